The fraction of sp³-hybridized carbons (Fsp3) is 0.769. The van der Waals surface area contributed by atoms with Gasteiger partial charge in [0.1, 0.15) is 12.2 Å². The summed E-state index contributed by atoms with van der Waals surface area (Å²) >= 11 is 0. The van der Waals surface area contributed by atoms with Gasteiger partial charge in [0.25, 0.3) is 0 Å². The van der Waals surface area contributed by atoms with Crippen LogP contribution in [0.2, 0.25) is 0 Å². The summed E-state index contributed by atoms with van der Waals surface area (Å²) in [6, 6.07) is 0. The van der Waals surface area contributed by atoms with Crippen molar-refractivity contribution in [3.63, 3.8) is 0 Å². The third kappa shape index (κ3) is 8.49. The summed E-state index contributed by atoms with van der Waals surface area (Å²) in [6.45, 7) is 8.03. The molecule has 0 spiro atoms. The number of aliphatic imine (C=N–C) groups is 1. The highest BCUT2D eigenvalue weighted by Crippen LogP contribution is 1.94. The summed E-state index contributed by atoms with van der Waals surface area (Å²) in [4.78, 5) is 4.28. The number of halogens is 1. The molecule has 0 aliphatic rings. The summed E-state index contributed by atoms with van der Waals surface area (Å²) in [5.41, 5.74) is 0. The SMILES string of the molecule is CCNC(=NCCS(=O)(=O)CC)NCCn1cnnc1CC.I. The van der Waals surface area contributed by atoms with E-state index in [4.69, 9.17) is 0 Å². The number of aryl methyl sites for hydroxylation is 1. The van der Waals surface area contributed by atoms with Crippen LogP contribution in [0.25, 0.3) is 0 Å². The van der Waals surface area contributed by atoms with E-state index in [0.29, 0.717) is 12.5 Å². The normalized spacial score (nSPS) is 11.9. The number of nitrogens with zero attached hydrogens (tertiary/aromatic N) is 4. The van der Waals surface area contributed by atoms with Crippen molar-refractivity contribution in [3.05, 3.63) is 12.2 Å². The molecule has 1 heterocycles. The molecule has 134 valence electrons. The second-order valence-corrected chi connectivity index (χ2v) is 7.19. The number of hydrogen-bond donors (Lipinski definition) is 2. The van der Waals surface area contributed by atoms with E-state index in [-0.39, 0.29) is 42.0 Å². The highest BCUT2D eigenvalue weighted by atomic mass is 127. The van der Waals surface area contributed by atoms with Crippen LogP contribution in [0.3, 0.4) is 0 Å². The molecule has 0 radical (unpaired) electrons. The van der Waals surface area contributed by atoms with Crippen LogP contribution < -0.4 is 10.6 Å². The van der Waals surface area contributed by atoms with Crippen LogP contribution in [0, 0.1) is 0 Å². The summed E-state index contributed by atoms with van der Waals surface area (Å²) in [6.07, 6.45) is 2.54. The van der Waals surface area contributed by atoms with Gasteiger partial charge in [-0.15, -0.1) is 34.2 Å². The average Bonchev–Trinajstić information content (AvgIpc) is 2.94. The van der Waals surface area contributed by atoms with Gasteiger partial charge in [-0.2, -0.15) is 0 Å². The summed E-state index contributed by atoms with van der Waals surface area (Å²) in [5, 5.41) is 14.2. The minimum absolute atomic E-state index is 0. The first kappa shape index (κ1) is 22.1. The molecule has 0 saturated heterocycles. The lowest BCUT2D eigenvalue weighted by Crippen LogP contribution is -2.39. The molecule has 0 fully saturated rings. The topological polar surface area (TPSA) is 101 Å². The molecule has 1 aromatic rings. The van der Waals surface area contributed by atoms with Crippen molar-refractivity contribution in [2.24, 2.45) is 4.99 Å². The van der Waals surface area contributed by atoms with E-state index < -0.39 is 9.84 Å². The zero-order valence-corrected chi connectivity index (χ0v) is 17.1. The maximum atomic E-state index is 11.5. The minimum Gasteiger partial charge on any atom is -0.357 e. The first-order valence-electron chi connectivity index (χ1n) is 7.61. The number of nitrogens with one attached hydrogen (secondary N) is 2. The van der Waals surface area contributed by atoms with E-state index in [0.717, 1.165) is 25.3 Å². The van der Waals surface area contributed by atoms with Gasteiger partial charge in [0, 0.05) is 31.8 Å². The summed E-state index contributed by atoms with van der Waals surface area (Å²) in [7, 11) is -2.98. The van der Waals surface area contributed by atoms with Crippen LogP contribution in [0.15, 0.2) is 11.3 Å². The molecular formula is C13H27IN6O2S. The highest BCUT2D eigenvalue weighted by Gasteiger charge is 2.06. The Morgan fingerprint density at radius 2 is 2.04 bits per heavy atom. The molecule has 23 heavy (non-hydrogen) atoms. The third-order valence-corrected chi connectivity index (χ3v) is 4.80. The van der Waals surface area contributed by atoms with E-state index in [1.165, 1.54) is 0 Å². The Kier molecular flexibility index (Phi) is 11.1. The summed E-state index contributed by atoms with van der Waals surface area (Å²) < 4.78 is 24.9. The average molecular weight is 458 g/mol. The molecule has 0 aliphatic carbocycles. The maximum absolute atomic E-state index is 11.5. The molecular weight excluding hydrogens is 431 g/mol. The van der Waals surface area contributed by atoms with Gasteiger partial charge in [0.2, 0.25) is 0 Å². The molecule has 1 rings (SSSR count). The van der Waals surface area contributed by atoms with Crippen molar-refractivity contribution < 1.29 is 8.42 Å². The Morgan fingerprint density at radius 3 is 2.65 bits per heavy atom. The Labute approximate surface area is 155 Å². The number of guanidine groups is 1. The van der Waals surface area contributed by atoms with E-state index in [2.05, 4.69) is 25.8 Å². The first-order chi connectivity index (χ1) is 10.5. The number of rotatable bonds is 9. The van der Waals surface area contributed by atoms with E-state index in [1.54, 1.807) is 13.3 Å². The van der Waals surface area contributed by atoms with Crippen LogP contribution >= 0.6 is 24.0 Å². The highest BCUT2D eigenvalue weighted by molar-refractivity contribution is 14.0. The molecule has 0 atom stereocenters. The van der Waals surface area contributed by atoms with Gasteiger partial charge < -0.3 is 15.2 Å². The van der Waals surface area contributed by atoms with Gasteiger partial charge in [-0.05, 0) is 6.92 Å². The Balaban J connectivity index is 0.00000484. The second kappa shape index (κ2) is 11.6. The molecule has 0 unspecified atom stereocenters. The third-order valence-electron chi connectivity index (χ3n) is 3.11. The molecule has 0 aliphatic heterocycles. The van der Waals surface area contributed by atoms with Gasteiger partial charge in [0.05, 0.1) is 12.3 Å². The van der Waals surface area contributed by atoms with Crippen LogP contribution in [0.1, 0.15) is 26.6 Å². The molecule has 0 bridgehead atoms. The van der Waals surface area contributed by atoms with Crippen molar-refractivity contribution in [1.29, 1.82) is 0 Å². The molecule has 1 aromatic heterocycles. The zero-order chi connectivity index (χ0) is 16.4. The van der Waals surface area contributed by atoms with Crippen molar-refractivity contribution in [1.82, 2.24) is 25.4 Å². The molecule has 0 aromatic carbocycles. The Hall–Kier alpha value is -0.910. The lowest BCUT2D eigenvalue weighted by atomic mass is 10.4. The maximum Gasteiger partial charge on any atom is 0.191 e. The molecule has 8 nitrogen and oxygen atoms in total. The molecule has 0 amide bonds. The molecule has 0 saturated carbocycles. The minimum atomic E-state index is -2.98. The Bertz CT molecular complexity index is 573. The lowest BCUT2D eigenvalue weighted by molar-refractivity contribution is 0.597. The smallest absolute Gasteiger partial charge is 0.191 e. The van der Waals surface area contributed by atoms with Crippen LogP contribution in [0.5, 0.6) is 0 Å². The number of aromatic nitrogens is 3. The monoisotopic (exact) mass is 458 g/mol. The van der Waals surface area contributed by atoms with E-state index in [1.807, 2.05) is 18.4 Å². The van der Waals surface area contributed by atoms with Gasteiger partial charge in [0.15, 0.2) is 15.8 Å². The largest absolute Gasteiger partial charge is 0.357 e. The van der Waals surface area contributed by atoms with Crippen molar-refractivity contribution >= 4 is 39.8 Å². The van der Waals surface area contributed by atoms with Crippen molar-refractivity contribution in [3.8, 4) is 0 Å². The van der Waals surface area contributed by atoms with E-state index >= 15 is 0 Å². The van der Waals surface area contributed by atoms with Crippen molar-refractivity contribution in [2.75, 3.05) is 31.1 Å². The van der Waals surface area contributed by atoms with Gasteiger partial charge >= 0.3 is 0 Å². The van der Waals surface area contributed by atoms with Crippen LogP contribution in [0.4, 0.5) is 0 Å². The fourth-order valence-corrected chi connectivity index (χ4v) is 2.47. The number of hydrogen-bond acceptors (Lipinski definition) is 5. The van der Waals surface area contributed by atoms with Crippen LogP contribution in [-0.2, 0) is 22.8 Å². The quantitative estimate of drug-likeness (QED) is 0.317. The standard InChI is InChI=1S/C13H26N6O2S.HI/c1-4-12-18-17-11-19(12)9-7-15-13(14-5-2)16-8-10-22(20,21)6-3;/h11H,4-10H2,1-3H3,(H2,14,15,16);1H. The fourth-order valence-electron chi connectivity index (χ4n) is 1.82. The van der Waals surface area contributed by atoms with E-state index in [9.17, 15) is 8.42 Å². The van der Waals surface area contributed by atoms with Gasteiger partial charge in [-0.3, -0.25) is 4.99 Å². The number of sulfone groups is 1. The molecule has 10 heteroatoms. The Morgan fingerprint density at radius 1 is 1.30 bits per heavy atom. The summed E-state index contributed by atoms with van der Waals surface area (Å²) in [5.74, 6) is 1.79. The lowest BCUT2D eigenvalue weighted by Gasteiger charge is -2.12. The van der Waals surface area contributed by atoms with Gasteiger partial charge in [-0.25, -0.2) is 8.42 Å². The molecule has 2 N–H and O–H groups in total. The van der Waals surface area contributed by atoms with Crippen molar-refractivity contribution in [2.45, 2.75) is 33.7 Å². The first-order valence-corrected chi connectivity index (χ1v) is 9.43. The van der Waals surface area contributed by atoms with Crippen LogP contribution in [-0.4, -0.2) is 60.3 Å². The zero-order valence-electron chi connectivity index (χ0n) is 13.9. The predicted octanol–water partition coefficient (Wildman–Crippen LogP) is 0.448. The van der Waals surface area contributed by atoms with Gasteiger partial charge in [-0.1, -0.05) is 13.8 Å². The predicted molar refractivity (Wildman–Crippen MR) is 103 cm³/mol. The second-order valence-electron chi connectivity index (χ2n) is 4.72.